The highest BCUT2D eigenvalue weighted by Gasteiger charge is 2.29. The number of piperidine rings is 1. The molecule has 1 fully saturated rings. The van der Waals surface area contributed by atoms with E-state index in [-0.39, 0.29) is 6.10 Å². The molecular formula is C12H25NO. The van der Waals surface area contributed by atoms with Crippen LogP contribution in [0.15, 0.2) is 0 Å². The summed E-state index contributed by atoms with van der Waals surface area (Å²) >= 11 is 0. The molecule has 0 spiro atoms. The second kappa shape index (κ2) is 4.63. The first-order valence-electron chi connectivity index (χ1n) is 5.80. The molecule has 1 N–H and O–H groups in total. The molecule has 0 saturated carbocycles. The fraction of sp³-hybridized carbons (Fsp3) is 1.00. The quantitative estimate of drug-likeness (QED) is 0.736. The van der Waals surface area contributed by atoms with Crippen LogP contribution in [0.2, 0.25) is 0 Å². The topological polar surface area (TPSA) is 23.5 Å². The molecule has 1 saturated heterocycles. The number of β-amino-alcohol motifs (C(OH)–C–C–N with tert-alkyl or cyclic N) is 1. The van der Waals surface area contributed by atoms with E-state index in [4.69, 9.17) is 0 Å². The number of hydrogen-bond donors (Lipinski definition) is 1. The molecule has 0 bridgehead atoms. The molecule has 1 aliphatic rings. The Kier molecular flexibility index (Phi) is 3.96. The summed E-state index contributed by atoms with van der Waals surface area (Å²) in [5, 5.41) is 9.35. The van der Waals surface area contributed by atoms with Crippen LogP contribution in [0.4, 0.5) is 0 Å². The van der Waals surface area contributed by atoms with Crippen LogP contribution in [-0.2, 0) is 0 Å². The zero-order valence-corrected chi connectivity index (χ0v) is 10.1. The van der Waals surface area contributed by atoms with Crippen molar-refractivity contribution in [1.82, 2.24) is 4.90 Å². The van der Waals surface area contributed by atoms with Crippen LogP contribution >= 0.6 is 0 Å². The Balaban J connectivity index is 2.44. The molecule has 84 valence electrons. The third kappa shape index (κ3) is 3.58. The van der Waals surface area contributed by atoms with Crippen molar-refractivity contribution in [2.75, 3.05) is 19.6 Å². The van der Waals surface area contributed by atoms with Gasteiger partial charge in [-0.15, -0.1) is 0 Å². The summed E-state index contributed by atoms with van der Waals surface area (Å²) in [6, 6.07) is 0. The van der Waals surface area contributed by atoms with E-state index in [9.17, 15) is 5.11 Å². The highest BCUT2D eigenvalue weighted by atomic mass is 16.3. The number of likely N-dealkylation sites (tertiary alicyclic amines) is 1. The van der Waals surface area contributed by atoms with Crippen LogP contribution in [0.3, 0.4) is 0 Å². The number of hydrogen-bond acceptors (Lipinski definition) is 2. The molecule has 2 atom stereocenters. The van der Waals surface area contributed by atoms with Gasteiger partial charge in [0.1, 0.15) is 0 Å². The second-order valence-corrected chi connectivity index (χ2v) is 5.81. The molecule has 0 aromatic heterocycles. The van der Waals surface area contributed by atoms with Crippen LogP contribution in [0.1, 0.15) is 40.5 Å². The van der Waals surface area contributed by atoms with Crippen molar-refractivity contribution in [3.8, 4) is 0 Å². The van der Waals surface area contributed by atoms with E-state index in [2.05, 4.69) is 25.7 Å². The largest absolute Gasteiger partial charge is 0.392 e. The smallest absolute Gasteiger partial charge is 0.0639 e. The maximum Gasteiger partial charge on any atom is 0.0639 e. The van der Waals surface area contributed by atoms with Crippen LogP contribution in [-0.4, -0.2) is 35.7 Å². The minimum absolute atomic E-state index is 0.186. The molecular weight excluding hydrogens is 174 g/mol. The number of aliphatic hydroxyl groups excluding tert-OH is 1. The monoisotopic (exact) mass is 199 g/mol. The van der Waals surface area contributed by atoms with Gasteiger partial charge in [-0.3, -0.25) is 0 Å². The van der Waals surface area contributed by atoms with Gasteiger partial charge in [0, 0.05) is 13.1 Å². The van der Waals surface area contributed by atoms with E-state index < -0.39 is 0 Å². The molecule has 1 aliphatic heterocycles. The highest BCUT2D eigenvalue weighted by Crippen LogP contribution is 2.33. The highest BCUT2D eigenvalue weighted by molar-refractivity contribution is 4.81. The molecule has 2 nitrogen and oxygen atoms in total. The molecule has 14 heavy (non-hydrogen) atoms. The van der Waals surface area contributed by atoms with Gasteiger partial charge in [0.05, 0.1) is 6.10 Å². The number of rotatable bonds is 2. The summed E-state index contributed by atoms with van der Waals surface area (Å²) in [7, 11) is 0. The zero-order valence-electron chi connectivity index (χ0n) is 10.1. The van der Waals surface area contributed by atoms with Gasteiger partial charge in [0.15, 0.2) is 0 Å². The first kappa shape index (κ1) is 12.0. The van der Waals surface area contributed by atoms with Crippen molar-refractivity contribution in [2.45, 2.75) is 46.6 Å². The van der Waals surface area contributed by atoms with Gasteiger partial charge in [-0.2, -0.15) is 0 Å². The van der Waals surface area contributed by atoms with Gasteiger partial charge < -0.3 is 10.0 Å². The first-order chi connectivity index (χ1) is 6.39. The lowest BCUT2D eigenvalue weighted by Gasteiger charge is -2.40. The Hall–Kier alpha value is -0.0800. The van der Waals surface area contributed by atoms with Gasteiger partial charge in [0.25, 0.3) is 0 Å². The van der Waals surface area contributed by atoms with Gasteiger partial charge in [-0.25, -0.2) is 0 Å². The minimum atomic E-state index is -0.186. The Labute approximate surface area is 88.3 Å². The minimum Gasteiger partial charge on any atom is -0.392 e. The van der Waals surface area contributed by atoms with Crippen molar-refractivity contribution < 1.29 is 5.11 Å². The average Bonchev–Trinajstić information content (AvgIpc) is 2.01. The third-order valence-corrected chi connectivity index (χ3v) is 3.25. The average molecular weight is 199 g/mol. The van der Waals surface area contributed by atoms with E-state index in [1.54, 1.807) is 0 Å². The Morgan fingerprint density at radius 3 is 2.57 bits per heavy atom. The van der Waals surface area contributed by atoms with Crippen molar-refractivity contribution in [1.29, 1.82) is 0 Å². The van der Waals surface area contributed by atoms with Crippen molar-refractivity contribution in [2.24, 2.45) is 11.3 Å². The van der Waals surface area contributed by atoms with Gasteiger partial charge in [-0.1, -0.05) is 20.8 Å². The van der Waals surface area contributed by atoms with E-state index in [1.807, 2.05) is 6.92 Å². The Bertz CT molecular complexity index is 172. The van der Waals surface area contributed by atoms with Gasteiger partial charge >= 0.3 is 0 Å². The van der Waals surface area contributed by atoms with Gasteiger partial charge in [-0.05, 0) is 37.6 Å². The normalized spacial score (nSPS) is 27.6. The summed E-state index contributed by atoms with van der Waals surface area (Å²) in [6.45, 7) is 12.0. The molecule has 1 rings (SSSR count). The zero-order chi connectivity index (χ0) is 10.8. The molecule has 0 aliphatic carbocycles. The summed E-state index contributed by atoms with van der Waals surface area (Å²) in [5.41, 5.74) is 0.414. The lowest BCUT2D eigenvalue weighted by Crippen LogP contribution is -2.43. The van der Waals surface area contributed by atoms with E-state index in [1.165, 1.54) is 12.8 Å². The molecule has 0 amide bonds. The Morgan fingerprint density at radius 2 is 2.07 bits per heavy atom. The standard InChI is InChI=1S/C12H25NO/c1-10(14)8-13-7-5-6-11(9-13)12(2,3)4/h10-11,14H,5-9H2,1-4H3/t10-,11+/m0/s1. The molecule has 0 aromatic carbocycles. The summed E-state index contributed by atoms with van der Waals surface area (Å²) in [5.74, 6) is 0.787. The second-order valence-electron chi connectivity index (χ2n) is 5.81. The molecule has 2 heteroatoms. The third-order valence-electron chi connectivity index (χ3n) is 3.25. The predicted octanol–water partition coefficient (Wildman–Crippen LogP) is 2.13. The van der Waals surface area contributed by atoms with Crippen LogP contribution in [0.5, 0.6) is 0 Å². The maximum absolute atomic E-state index is 9.35. The summed E-state index contributed by atoms with van der Waals surface area (Å²) in [6.07, 6.45) is 2.45. The van der Waals surface area contributed by atoms with Crippen LogP contribution < -0.4 is 0 Å². The van der Waals surface area contributed by atoms with E-state index in [0.29, 0.717) is 5.41 Å². The fourth-order valence-electron chi connectivity index (χ4n) is 2.30. The number of nitrogens with zero attached hydrogens (tertiary/aromatic N) is 1. The maximum atomic E-state index is 9.35. The van der Waals surface area contributed by atoms with E-state index in [0.717, 1.165) is 25.6 Å². The lowest BCUT2D eigenvalue weighted by molar-refractivity contribution is 0.0608. The number of aliphatic hydroxyl groups is 1. The summed E-state index contributed by atoms with van der Waals surface area (Å²) < 4.78 is 0. The molecule has 1 heterocycles. The molecule has 0 unspecified atom stereocenters. The van der Waals surface area contributed by atoms with Gasteiger partial charge in [0.2, 0.25) is 0 Å². The van der Waals surface area contributed by atoms with Crippen LogP contribution in [0.25, 0.3) is 0 Å². The SMILES string of the molecule is C[C@H](O)CN1CCC[C@@H](C(C)(C)C)C1. The molecule has 0 aromatic rings. The fourth-order valence-corrected chi connectivity index (χ4v) is 2.30. The predicted molar refractivity (Wildman–Crippen MR) is 60.3 cm³/mol. The van der Waals surface area contributed by atoms with Crippen LogP contribution in [0, 0.1) is 11.3 Å². The Morgan fingerprint density at radius 1 is 1.43 bits per heavy atom. The van der Waals surface area contributed by atoms with E-state index >= 15 is 0 Å². The summed E-state index contributed by atoms with van der Waals surface area (Å²) in [4.78, 5) is 2.41. The molecule has 0 radical (unpaired) electrons. The lowest BCUT2D eigenvalue weighted by atomic mass is 9.76. The van der Waals surface area contributed by atoms with Crippen molar-refractivity contribution in [3.05, 3.63) is 0 Å². The van der Waals surface area contributed by atoms with Crippen molar-refractivity contribution >= 4 is 0 Å². The van der Waals surface area contributed by atoms with Crippen molar-refractivity contribution in [3.63, 3.8) is 0 Å². The first-order valence-corrected chi connectivity index (χ1v) is 5.80.